The molecule has 14 heavy (non-hydrogen) atoms. The number of hydrogen-bond donors (Lipinski definition) is 1. The van der Waals surface area contributed by atoms with Crippen molar-refractivity contribution in [2.45, 2.75) is 18.9 Å². The number of aromatic nitrogens is 1. The number of carbonyl (C=O) groups is 1. The first kappa shape index (κ1) is 9.21. The van der Waals surface area contributed by atoms with Crippen LogP contribution in [0, 0.1) is 0 Å². The van der Waals surface area contributed by atoms with Crippen molar-refractivity contribution in [3.8, 4) is 0 Å². The molecule has 1 saturated heterocycles. The van der Waals surface area contributed by atoms with Crippen LogP contribution >= 0.6 is 0 Å². The highest BCUT2D eigenvalue weighted by Crippen LogP contribution is 2.09. The first-order chi connectivity index (χ1) is 6.75. The summed E-state index contributed by atoms with van der Waals surface area (Å²) in [5, 5.41) is 0. The van der Waals surface area contributed by atoms with Crippen molar-refractivity contribution < 1.29 is 9.21 Å². The number of nitrogens with zero attached hydrogens (tertiary/aromatic N) is 2. The topological polar surface area (TPSA) is 72.4 Å². The molecule has 1 atom stereocenters. The van der Waals surface area contributed by atoms with E-state index in [-0.39, 0.29) is 11.9 Å². The molecule has 1 aromatic heterocycles. The van der Waals surface area contributed by atoms with E-state index in [2.05, 4.69) is 4.98 Å². The molecule has 2 heterocycles. The third-order valence-electron chi connectivity index (χ3n) is 2.37. The largest absolute Gasteiger partial charge is 0.451 e. The van der Waals surface area contributed by atoms with E-state index < -0.39 is 0 Å². The maximum atomic E-state index is 11.3. The molecule has 76 valence electrons. The second-order valence-electron chi connectivity index (χ2n) is 3.53. The van der Waals surface area contributed by atoms with Crippen LogP contribution in [0.4, 0.5) is 0 Å². The molecule has 0 bridgehead atoms. The SMILES string of the molecule is NC1CC(=O)N(CCc2cocn2)C1. The Bertz CT molecular complexity index is 310. The number of carbonyl (C=O) groups excluding carboxylic acids is 1. The Balaban J connectivity index is 1.84. The minimum absolute atomic E-state index is 0.000177. The summed E-state index contributed by atoms with van der Waals surface area (Å²) in [7, 11) is 0. The summed E-state index contributed by atoms with van der Waals surface area (Å²) >= 11 is 0. The van der Waals surface area contributed by atoms with E-state index >= 15 is 0 Å². The van der Waals surface area contributed by atoms with Crippen molar-refractivity contribution in [1.82, 2.24) is 9.88 Å². The predicted molar refractivity (Wildman–Crippen MR) is 49.4 cm³/mol. The van der Waals surface area contributed by atoms with Gasteiger partial charge < -0.3 is 15.1 Å². The highest BCUT2D eigenvalue weighted by atomic mass is 16.3. The Labute approximate surface area is 81.9 Å². The maximum Gasteiger partial charge on any atom is 0.224 e. The van der Waals surface area contributed by atoms with E-state index in [1.165, 1.54) is 6.39 Å². The summed E-state index contributed by atoms with van der Waals surface area (Å²) < 4.78 is 4.84. The zero-order valence-electron chi connectivity index (χ0n) is 7.85. The molecule has 0 saturated carbocycles. The van der Waals surface area contributed by atoms with Crippen molar-refractivity contribution in [3.63, 3.8) is 0 Å². The highest BCUT2D eigenvalue weighted by molar-refractivity contribution is 5.79. The molecule has 0 radical (unpaired) electrons. The van der Waals surface area contributed by atoms with Crippen molar-refractivity contribution in [2.24, 2.45) is 5.73 Å². The van der Waals surface area contributed by atoms with E-state index in [1.807, 2.05) is 0 Å². The lowest BCUT2D eigenvalue weighted by atomic mass is 10.3. The van der Waals surface area contributed by atoms with Gasteiger partial charge in [-0.25, -0.2) is 4.98 Å². The molecule has 1 fully saturated rings. The molecular weight excluding hydrogens is 182 g/mol. The van der Waals surface area contributed by atoms with Gasteiger partial charge in [0.05, 0.1) is 5.69 Å². The standard InChI is InChI=1S/C9H13N3O2/c10-7-3-9(13)12(4-7)2-1-8-5-14-6-11-8/h5-7H,1-4,10H2. The Morgan fingerprint density at radius 3 is 3.14 bits per heavy atom. The molecule has 0 aromatic carbocycles. The van der Waals surface area contributed by atoms with Gasteiger partial charge in [-0.3, -0.25) is 4.79 Å². The van der Waals surface area contributed by atoms with Gasteiger partial charge in [0.25, 0.3) is 0 Å². The summed E-state index contributed by atoms with van der Waals surface area (Å²) in [5.41, 5.74) is 6.54. The molecule has 1 aromatic rings. The molecule has 2 N–H and O–H groups in total. The smallest absolute Gasteiger partial charge is 0.224 e. The summed E-state index contributed by atoms with van der Waals surface area (Å²) in [6, 6.07) is -0.000177. The Morgan fingerprint density at radius 2 is 2.57 bits per heavy atom. The number of rotatable bonds is 3. The summed E-state index contributed by atoms with van der Waals surface area (Å²) in [6.45, 7) is 1.34. The van der Waals surface area contributed by atoms with E-state index in [1.54, 1.807) is 11.2 Å². The summed E-state index contributed by atoms with van der Waals surface area (Å²) in [6.07, 6.45) is 4.20. The van der Waals surface area contributed by atoms with Crippen LogP contribution in [-0.2, 0) is 11.2 Å². The molecule has 1 aliphatic rings. The average molecular weight is 195 g/mol. The monoisotopic (exact) mass is 195 g/mol. The fourth-order valence-electron chi connectivity index (χ4n) is 1.63. The molecule has 1 amide bonds. The molecule has 0 spiro atoms. The average Bonchev–Trinajstić information content (AvgIpc) is 2.72. The van der Waals surface area contributed by atoms with Crippen LogP contribution in [0.15, 0.2) is 17.1 Å². The van der Waals surface area contributed by atoms with Crippen molar-refractivity contribution in [2.75, 3.05) is 13.1 Å². The fraction of sp³-hybridized carbons (Fsp3) is 0.556. The van der Waals surface area contributed by atoms with Crippen LogP contribution in [-0.4, -0.2) is 34.9 Å². The predicted octanol–water partition coefficient (Wildman–Crippen LogP) is -0.223. The normalized spacial score (nSPS) is 21.9. The summed E-state index contributed by atoms with van der Waals surface area (Å²) in [4.78, 5) is 17.1. The molecule has 1 aliphatic heterocycles. The van der Waals surface area contributed by atoms with Crippen LogP contribution in [0.2, 0.25) is 0 Å². The van der Waals surface area contributed by atoms with E-state index in [0.717, 1.165) is 12.1 Å². The zero-order chi connectivity index (χ0) is 9.97. The van der Waals surface area contributed by atoms with Gasteiger partial charge in [-0.15, -0.1) is 0 Å². The quantitative estimate of drug-likeness (QED) is 0.723. The van der Waals surface area contributed by atoms with E-state index in [4.69, 9.17) is 10.2 Å². The third kappa shape index (κ3) is 1.93. The third-order valence-corrected chi connectivity index (χ3v) is 2.37. The van der Waals surface area contributed by atoms with Gasteiger partial charge in [-0.1, -0.05) is 0 Å². The molecule has 1 unspecified atom stereocenters. The lowest BCUT2D eigenvalue weighted by Crippen LogP contribution is -2.30. The minimum atomic E-state index is -0.000177. The lowest BCUT2D eigenvalue weighted by Gasteiger charge is -2.14. The molecule has 5 nitrogen and oxygen atoms in total. The first-order valence-electron chi connectivity index (χ1n) is 4.66. The van der Waals surface area contributed by atoms with Crippen LogP contribution in [0.3, 0.4) is 0 Å². The van der Waals surface area contributed by atoms with Crippen LogP contribution in [0.25, 0.3) is 0 Å². The zero-order valence-corrected chi connectivity index (χ0v) is 7.85. The molecule has 2 rings (SSSR count). The Kier molecular flexibility index (Phi) is 2.49. The Hall–Kier alpha value is -1.36. The second kappa shape index (κ2) is 3.79. The van der Waals surface area contributed by atoms with Gasteiger partial charge >= 0.3 is 0 Å². The van der Waals surface area contributed by atoms with Crippen LogP contribution in [0.1, 0.15) is 12.1 Å². The number of hydrogen-bond acceptors (Lipinski definition) is 4. The van der Waals surface area contributed by atoms with E-state index in [9.17, 15) is 4.79 Å². The van der Waals surface area contributed by atoms with Gasteiger partial charge in [0.1, 0.15) is 6.26 Å². The van der Waals surface area contributed by atoms with E-state index in [0.29, 0.717) is 19.5 Å². The highest BCUT2D eigenvalue weighted by Gasteiger charge is 2.26. The van der Waals surface area contributed by atoms with Gasteiger partial charge in [-0.05, 0) is 0 Å². The lowest BCUT2D eigenvalue weighted by molar-refractivity contribution is -0.127. The molecular formula is C9H13N3O2. The van der Waals surface area contributed by atoms with Crippen LogP contribution < -0.4 is 5.73 Å². The molecule has 5 heteroatoms. The molecule has 0 aliphatic carbocycles. The van der Waals surface area contributed by atoms with Crippen LogP contribution in [0.5, 0.6) is 0 Å². The first-order valence-corrected chi connectivity index (χ1v) is 4.66. The maximum absolute atomic E-state index is 11.3. The van der Waals surface area contributed by atoms with Gasteiger partial charge in [-0.2, -0.15) is 0 Å². The van der Waals surface area contributed by atoms with Gasteiger partial charge in [0.2, 0.25) is 5.91 Å². The number of amides is 1. The van der Waals surface area contributed by atoms with Gasteiger partial charge in [0.15, 0.2) is 6.39 Å². The van der Waals surface area contributed by atoms with Crippen molar-refractivity contribution in [3.05, 3.63) is 18.4 Å². The number of oxazole rings is 1. The fourth-order valence-corrected chi connectivity index (χ4v) is 1.63. The van der Waals surface area contributed by atoms with Crippen molar-refractivity contribution >= 4 is 5.91 Å². The van der Waals surface area contributed by atoms with Crippen molar-refractivity contribution in [1.29, 1.82) is 0 Å². The summed E-state index contributed by atoms with van der Waals surface area (Å²) in [5.74, 6) is 0.140. The van der Waals surface area contributed by atoms with Gasteiger partial charge in [0, 0.05) is 32.0 Å². The Morgan fingerprint density at radius 1 is 1.71 bits per heavy atom. The number of likely N-dealkylation sites (tertiary alicyclic amines) is 1. The minimum Gasteiger partial charge on any atom is -0.451 e. The number of nitrogens with two attached hydrogens (primary N) is 1. The second-order valence-corrected chi connectivity index (χ2v) is 3.53.